The number of hydrogen-bond donors (Lipinski definition) is 1. The zero-order valence-corrected chi connectivity index (χ0v) is 14.2. The summed E-state index contributed by atoms with van der Waals surface area (Å²) >= 11 is 0. The lowest BCUT2D eigenvalue weighted by atomic mass is 9.83. The highest BCUT2D eigenvalue weighted by Gasteiger charge is 2.38. The Kier molecular flexibility index (Phi) is 3.81. The zero-order valence-electron chi connectivity index (χ0n) is 14.2. The Morgan fingerprint density at radius 3 is 2.46 bits per heavy atom. The molecule has 0 amide bonds. The molecular weight excluding hydrogens is 296 g/mol. The molecule has 2 aromatic carbocycles. The number of fused-ring (bicyclic) bond motifs is 1. The van der Waals surface area contributed by atoms with Gasteiger partial charge < -0.3 is 15.4 Å². The summed E-state index contributed by atoms with van der Waals surface area (Å²) in [5.74, 6) is 0.997. The first-order valence-corrected chi connectivity index (χ1v) is 8.79. The van der Waals surface area contributed by atoms with Gasteiger partial charge in [0.1, 0.15) is 11.4 Å². The molecule has 1 spiro atoms. The largest absolute Gasteiger partial charge is 0.482 e. The molecule has 1 fully saturated rings. The lowest BCUT2D eigenvalue weighted by molar-refractivity contribution is 0.0401. The van der Waals surface area contributed by atoms with Crippen molar-refractivity contribution < 1.29 is 4.74 Å². The topological polar surface area (TPSA) is 38.5 Å². The van der Waals surface area contributed by atoms with E-state index in [1.807, 2.05) is 12.1 Å². The van der Waals surface area contributed by atoms with Crippen molar-refractivity contribution in [3.8, 4) is 5.75 Å². The summed E-state index contributed by atoms with van der Waals surface area (Å²) in [5, 5.41) is 0. The van der Waals surface area contributed by atoms with Crippen LogP contribution in [-0.4, -0.2) is 30.1 Å². The number of benzene rings is 2. The van der Waals surface area contributed by atoms with Crippen LogP contribution < -0.4 is 10.5 Å². The van der Waals surface area contributed by atoms with Crippen LogP contribution in [0.4, 0.5) is 5.69 Å². The normalized spacial score (nSPS) is 19.5. The van der Waals surface area contributed by atoms with Gasteiger partial charge in [0.15, 0.2) is 0 Å². The van der Waals surface area contributed by atoms with E-state index in [2.05, 4.69) is 54.3 Å². The number of piperidine rings is 1. The minimum Gasteiger partial charge on any atom is -0.482 e. The van der Waals surface area contributed by atoms with E-state index in [1.54, 1.807) is 0 Å². The van der Waals surface area contributed by atoms with Crippen molar-refractivity contribution in [1.29, 1.82) is 0 Å². The van der Waals surface area contributed by atoms with Crippen molar-refractivity contribution in [2.45, 2.75) is 25.4 Å². The first-order chi connectivity index (χ1) is 11.7. The Hall–Kier alpha value is -2.26. The SMILES string of the molecule is CCN1CCC2(C=C(c3ccc(N)cc3)c3ccccc3O2)CC1. The summed E-state index contributed by atoms with van der Waals surface area (Å²) in [6.45, 7) is 5.51. The number of para-hydroxylation sites is 1. The highest BCUT2D eigenvalue weighted by atomic mass is 16.5. The van der Waals surface area contributed by atoms with Crippen LogP contribution >= 0.6 is 0 Å². The number of anilines is 1. The molecule has 24 heavy (non-hydrogen) atoms. The van der Waals surface area contributed by atoms with Crippen molar-refractivity contribution in [1.82, 2.24) is 4.90 Å². The average Bonchev–Trinajstić information content (AvgIpc) is 2.62. The third-order valence-corrected chi connectivity index (χ3v) is 5.27. The fourth-order valence-electron chi connectivity index (χ4n) is 3.76. The maximum atomic E-state index is 6.50. The Balaban J connectivity index is 1.77. The van der Waals surface area contributed by atoms with E-state index in [0.29, 0.717) is 0 Å². The standard InChI is InChI=1S/C21H24N2O/c1-2-23-13-11-21(12-14-23)15-19(16-7-9-17(22)10-8-16)18-5-3-4-6-20(18)24-21/h3-10,15H,2,11-14,22H2,1H3. The van der Waals surface area contributed by atoms with E-state index < -0.39 is 0 Å². The first-order valence-electron chi connectivity index (χ1n) is 8.79. The number of nitrogens with two attached hydrogens (primary N) is 1. The van der Waals surface area contributed by atoms with Crippen molar-refractivity contribution in [2.24, 2.45) is 0 Å². The molecule has 2 aliphatic rings. The summed E-state index contributed by atoms with van der Waals surface area (Å²) in [4.78, 5) is 2.49. The molecule has 2 aromatic rings. The van der Waals surface area contributed by atoms with E-state index in [4.69, 9.17) is 10.5 Å². The highest BCUT2D eigenvalue weighted by molar-refractivity contribution is 5.85. The van der Waals surface area contributed by atoms with E-state index in [-0.39, 0.29) is 5.60 Å². The predicted molar refractivity (Wildman–Crippen MR) is 99.1 cm³/mol. The number of rotatable bonds is 2. The number of hydrogen-bond acceptors (Lipinski definition) is 3. The van der Waals surface area contributed by atoms with Gasteiger partial charge in [0, 0.05) is 37.2 Å². The van der Waals surface area contributed by atoms with Crippen molar-refractivity contribution in [2.75, 3.05) is 25.4 Å². The fraction of sp³-hybridized carbons (Fsp3) is 0.333. The van der Waals surface area contributed by atoms with Gasteiger partial charge in [0.2, 0.25) is 0 Å². The molecule has 0 unspecified atom stereocenters. The van der Waals surface area contributed by atoms with Gasteiger partial charge in [-0.05, 0) is 42.0 Å². The van der Waals surface area contributed by atoms with Crippen LogP contribution in [0.5, 0.6) is 5.75 Å². The van der Waals surface area contributed by atoms with Crippen LogP contribution in [0.2, 0.25) is 0 Å². The van der Waals surface area contributed by atoms with Crippen LogP contribution in [0, 0.1) is 0 Å². The Morgan fingerprint density at radius 2 is 1.75 bits per heavy atom. The smallest absolute Gasteiger partial charge is 0.130 e. The van der Waals surface area contributed by atoms with E-state index in [1.165, 1.54) is 16.7 Å². The summed E-state index contributed by atoms with van der Waals surface area (Å²) < 4.78 is 6.50. The van der Waals surface area contributed by atoms with Crippen LogP contribution in [0.25, 0.3) is 5.57 Å². The molecule has 0 radical (unpaired) electrons. The molecule has 1 saturated heterocycles. The van der Waals surface area contributed by atoms with Crippen LogP contribution in [-0.2, 0) is 0 Å². The molecule has 124 valence electrons. The molecule has 3 nitrogen and oxygen atoms in total. The van der Waals surface area contributed by atoms with Gasteiger partial charge in [-0.25, -0.2) is 0 Å². The molecule has 2 heterocycles. The monoisotopic (exact) mass is 320 g/mol. The Bertz CT molecular complexity index is 756. The van der Waals surface area contributed by atoms with E-state index in [0.717, 1.165) is 43.9 Å². The van der Waals surface area contributed by atoms with Gasteiger partial charge in [0.05, 0.1) is 0 Å². The van der Waals surface area contributed by atoms with Gasteiger partial charge in [-0.15, -0.1) is 0 Å². The number of likely N-dealkylation sites (tertiary alicyclic amines) is 1. The van der Waals surface area contributed by atoms with Gasteiger partial charge in [-0.1, -0.05) is 37.3 Å². The number of nitrogen functional groups attached to an aromatic ring is 1. The van der Waals surface area contributed by atoms with Gasteiger partial charge in [-0.2, -0.15) is 0 Å². The van der Waals surface area contributed by atoms with Crippen LogP contribution in [0.15, 0.2) is 54.6 Å². The molecule has 0 saturated carbocycles. The maximum absolute atomic E-state index is 6.50. The second-order valence-electron chi connectivity index (χ2n) is 6.78. The molecular formula is C21H24N2O. The minimum absolute atomic E-state index is 0.184. The zero-order chi connectivity index (χ0) is 16.6. The Labute approximate surface area is 143 Å². The molecule has 2 N–H and O–H groups in total. The average molecular weight is 320 g/mol. The molecule has 0 aromatic heterocycles. The molecule has 3 heteroatoms. The second-order valence-corrected chi connectivity index (χ2v) is 6.78. The van der Waals surface area contributed by atoms with Crippen molar-refractivity contribution in [3.05, 3.63) is 65.7 Å². The van der Waals surface area contributed by atoms with Gasteiger partial charge >= 0.3 is 0 Å². The highest BCUT2D eigenvalue weighted by Crippen LogP contribution is 2.43. The Morgan fingerprint density at radius 1 is 1.04 bits per heavy atom. The summed E-state index contributed by atoms with van der Waals surface area (Å²) in [6, 6.07) is 16.5. The number of nitrogens with zero attached hydrogens (tertiary/aromatic N) is 1. The summed E-state index contributed by atoms with van der Waals surface area (Å²) in [6.07, 6.45) is 4.43. The summed E-state index contributed by atoms with van der Waals surface area (Å²) in [5.41, 5.74) is 10.1. The van der Waals surface area contributed by atoms with Crippen LogP contribution in [0.1, 0.15) is 30.9 Å². The molecule has 0 bridgehead atoms. The number of ether oxygens (including phenoxy) is 1. The summed E-state index contributed by atoms with van der Waals surface area (Å²) in [7, 11) is 0. The third kappa shape index (κ3) is 2.69. The van der Waals surface area contributed by atoms with E-state index >= 15 is 0 Å². The fourth-order valence-corrected chi connectivity index (χ4v) is 3.76. The molecule has 0 atom stereocenters. The van der Waals surface area contributed by atoms with Gasteiger partial charge in [-0.3, -0.25) is 0 Å². The maximum Gasteiger partial charge on any atom is 0.130 e. The quantitative estimate of drug-likeness (QED) is 0.852. The van der Waals surface area contributed by atoms with E-state index in [9.17, 15) is 0 Å². The lowest BCUT2D eigenvalue weighted by Gasteiger charge is -2.43. The molecule has 4 rings (SSSR count). The van der Waals surface area contributed by atoms with Crippen LogP contribution in [0.3, 0.4) is 0 Å². The van der Waals surface area contributed by atoms with Crippen molar-refractivity contribution in [3.63, 3.8) is 0 Å². The van der Waals surface area contributed by atoms with Crippen molar-refractivity contribution >= 4 is 11.3 Å². The lowest BCUT2D eigenvalue weighted by Crippen LogP contribution is -2.47. The third-order valence-electron chi connectivity index (χ3n) is 5.27. The minimum atomic E-state index is -0.184. The molecule has 0 aliphatic carbocycles. The first kappa shape index (κ1) is 15.3. The van der Waals surface area contributed by atoms with Gasteiger partial charge in [0.25, 0.3) is 0 Å². The molecule has 2 aliphatic heterocycles. The second kappa shape index (κ2) is 5.99. The predicted octanol–water partition coefficient (Wildman–Crippen LogP) is 3.95.